The molecule has 0 aliphatic heterocycles. The fraction of sp³-hybridized carbons (Fsp3) is 0.783. The number of Topliss-reactive ketones (excluding diaryl/α,β-unsaturated/α-hetero) is 1. The monoisotopic (exact) mass is 330 g/mol. The Morgan fingerprint density at radius 3 is 2.42 bits per heavy atom. The van der Waals surface area contributed by atoms with Crippen molar-refractivity contribution < 1.29 is 4.79 Å². The first-order chi connectivity index (χ1) is 11.5. The van der Waals surface area contributed by atoms with Gasteiger partial charge in [0.2, 0.25) is 0 Å². The Kier molecular flexibility index (Phi) is 7.78. The van der Waals surface area contributed by atoms with Crippen LogP contribution in [-0.2, 0) is 4.79 Å². The fourth-order valence-corrected chi connectivity index (χ4v) is 4.39. The van der Waals surface area contributed by atoms with Crippen LogP contribution in [0.15, 0.2) is 23.8 Å². The largest absolute Gasteiger partial charge is 0.294 e. The summed E-state index contributed by atoms with van der Waals surface area (Å²) < 4.78 is 0. The van der Waals surface area contributed by atoms with Gasteiger partial charge in [-0.1, -0.05) is 90.4 Å². The van der Waals surface area contributed by atoms with Crippen LogP contribution in [0.1, 0.15) is 97.8 Å². The zero-order chi connectivity index (χ0) is 17.4. The van der Waals surface area contributed by atoms with Crippen LogP contribution in [0, 0.1) is 17.3 Å². The van der Waals surface area contributed by atoms with Gasteiger partial charge in [-0.25, -0.2) is 0 Å². The lowest BCUT2D eigenvalue weighted by Crippen LogP contribution is -2.27. The van der Waals surface area contributed by atoms with E-state index in [4.69, 9.17) is 0 Å². The molecule has 0 spiro atoms. The summed E-state index contributed by atoms with van der Waals surface area (Å²) in [5, 5.41) is 0. The third-order valence-electron chi connectivity index (χ3n) is 6.17. The van der Waals surface area contributed by atoms with E-state index in [0.717, 1.165) is 24.3 Å². The van der Waals surface area contributed by atoms with Crippen molar-refractivity contribution in [2.45, 2.75) is 97.8 Å². The van der Waals surface area contributed by atoms with Crippen LogP contribution in [0.3, 0.4) is 0 Å². The van der Waals surface area contributed by atoms with E-state index in [9.17, 15) is 4.79 Å². The van der Waals surface area contributed by atoms with Crippen molar-refractivity contribution in [2.75, 3.05) is 0 Å². The standard InChI is InChI=1S/C23H38O/c1-4-5-6-7-11-18-23(2,3)22(24)21-16-14-20(15-17-21)19-12-9-8-10-13-19/h14,16-17,19-20H,4-13,15,18H2,1-3H3. The quantitative estimate of drug-likeness (QED) is 0.415. The number of rotatable bonds is 9. The molecule has 1 atom stereocenters. The molecule has 2 aliphatic rings. The Morgan fingerprint density at radius 1 is 1.08 bits per heavy atom. The number of hydrogen-bond acceptors (Lipinski definition) is 1. The molecule has 136 valence electrons. The summed E-state index contributed by atoms with van der Waals surface area (Å²) in [7, 11) is 0. The van der Waals surface area contributed by atoms with Crippen molar-refractivity contribution >= 4 is 5.78 Å². The van der Waals surface area contributed by atoms with Crippen LogP contribution in [0.5, 0.6) is 0 Å². The highest BCUT2D eigenvalue weighted by Crippen LogP contribution is 2.36. The average Bonchev–Trinajstić information content (AvgIpc) is 2.62. The molecule has 0 heterocycles. The van der Waals surface area contributed by atoms with Crippen molar-refractivity contribution in [3.63, 3.8) is 0 Å². The second-order valence-electron chi connectivity index (χ2n) is 8.69. The van der Waals surface area contributed by atoms with Gasteiger partial charge in [-0.15, -0.1) is 0 Å². The Bertz CT molecular complexity index is 449. The van der Waals surface area contributed by atoms with Crippen LogP contribution < -0.4 is 0 Å². The molecule has 1 heteroatoms. The zero-order valence-electron chi connectivity index (χ0n) is 16.3. The molecule has 1 unspecified atom stereocenters. The zero-order valence-corrected chi connectivity index (χ0v) is 16.3. The second kappa shape index (κ2) is 9.59. The number of unbranched alkanes of at least 4 members (excludes halogenated alkanes) is 4. The molecule has 0 amide bonds. The van der Waals surface area contributed by atoms with Crippen molar-refractivity contribution in [2.24, 2.45) is 17.3 Å². The number of allylic oxidation sites excluding steroid dienone is 4. The molecule has 1 nitrogen and oxygen atoms in total. The van der Waals surface area contributed by atoms with E-state index >= 15 is 0 Å². The van der Waals surface area contributed by atoms with E-state index in [1.807, 2.05) is 0 Å². The summed E-state index contributed by atoms with van der Waals surface area (Å²) in [5.41, 5.74) is 0.765. The van der Waals surface area contributed by atoms with Gasteiger partial charge in [0, 0.05) is 11.0 Å². The molecule has 1 fully saturated rings. The molecule has 1 saturated carbocycles. The van der Waals surface area contributed by atoms with Crippen LogP contribution in [0.2, 0.25) is 0 Å². The number of ketones is 1. The Hall–Kier alpha value is -0.850. The predicted molar refractivity (Wildman–Crippen MR) is 104 cm³/mol. The van der Waals surface area contributed by atoms with Crippen LogP contribution in [0.25, 0.3) is 0 Å². The van der Waals surface area contributed by atoms with Crippen molar-refractivity contribution in [1.82, 2.24) is 0 Å². The SMILES string of the molecule is CCCCCCCC(C)(C)C(=O)C1=CCC(C2CCCCC2)C=C1. The van der Waals surface area contributed by atoms with Crippen molar-refractivity contribution in [3.05, 3.63) is 23.8 Å². The van der Waals surface area contributed by atoms with Gasteiger partial charge in [-0.3, -0.25) is 4.79 Å². The lowest BCUT2D eigenvalue weighted by Gasteiger charge is -2.30. The van der Waals surface area contributed by atoms with E-state index in [-0.39, 0.29) is 5.41 Å². The second-order valence-corrected chi connectivity index (χ2v) is 8.69. The van der Waals surface area contributed by atoms with Crippen molar-refractivity contribution in [1.29, 1.82) is 0 Å². The molecule has 0 aromatic heterocycles. The maximum absolute atomic E-state index is 12.9. The molecule has 2 aliphatic carbocycles. The Labute approximate surface area is 150 Å². The van der Waals surface area contributed by atoms with Gasteiger partial charge in [-0.05, 0) is 37.5 Å². The van der Waals surface area contributed by atoms with Crippen molar-refractivity contribution in [3.8, 4) is 0 Å². The van der Waals surface area contributed by atoms with E-state index < -0.39 is 0 Å². The van der Waals surface area contributed by atoms with Gasteiger partial charge < -0.3 is 0 Å². The third-order valence-corrected chi connectivity index (χ3v) is 6.17. The van der Waals surface area contributed by atoms with E-state index in [2.05, 4.69) is 39.0 Å². The van der Waals surface area contributed by atoms with Gasteiger partial charge in [0.05, 0.1) is 0 Å². The van der Waals surface area contributed by atoms with E-state index in [1.54, 1.807) is 0 Å². The summed E-state index contributed by atoms with van der Waals surface area (Å²) in [6.07, 6.45) is 22.2. The highest BCUT2D eigenvalue weighted by atomic mass is 16.1. The first kappa shape index (κ1) is 19.5. The maximum Gasteiger partial charge on any atom is 0.168 e. The normalized spacial score (nSPS) is 22.5. The first-order valence-electron chi connectivity index (χ1n) is 10.5. The topological polar surface area (TPSA) is 17.1 Å². The summed E-state index contributed by atoms with van der Waals surface area (Å²) in [5.74, 6) is 1.89. The number of hydrogen-bond donors (Lipinski definition) is 0. The summed E-state index contributed by atoms with van der Waals surface area (Å²) >= 11 is 0. The van der Waals surface area contributed by atoms with E-state index in [1.165, 1.54) is 64.2 Å². The van der Waals surface area contributed by atoms with E-state index in [0.29, 0.717) is 11.7 Å². The molecule has 0 N–H and O–H groups in total. The minimum atomic E-state index is -0.208. The smallest absolute Gasteiger partial charge is 0.168 e. The highest BCUT2D eigenvalue weighted by molar-refractivity contribution is 6.01. The molecule has 0 aromatic rings. The van der Waals surface area contributed by atoms with Gasteiger partial charge in [0.1, 0.15) is 0 Å². The average molecular weight is 331 g/mol. The lowest BCUT2D eigenvalue weighted by atomic mass is 9.74. The fourth-order valence-electron chi connectivity index (χ4n) is 4.39. The lowest BCUT2D eigenvalue weighted by molar-refractivity contribution is -0.123. The molecule has 0 radical (unpaired) electrons. The van der Waals surface area contributed by atoms with Crippen LogP contribution in [0.4, 0.5) is 0 Å². The van der Waals surface area contributed by atoms with Crippen LogP contribution >= 0.6 is 0 Å². The minimum absolute atomic E-state index is 0.208. The highest BCUT2D eigenvalue weighted by Gasteiger charge is 2.30. The summed E-state index contributed by atoms with van der Waals surface area (Å²) in [6, 6.07) is 0. The summed E-state index contributed by atoms with van der Waals surface area (Å²) in [6.45, 7) is 6.52. The minimum Gasteiger partial charge on any atom is -0.294 e. The predicted octanol–water partition coefficient (Wildman–Crippen LogP) is 7.03. The Morgan fingerprint density at radius 2 is 1.79 bits per heavy atom. The van der Waals surface area contributed by atoms with Gasteiger partial charge in [0.25, 0.3) is 0 Å². The number of carbonyl (C=O) groups is 1. The van der Waals surface area contributed by atoms with Gasteiger partial charge in [-0.2, -0.15) is 0 Å². The molecule has 24 heavy (non-hydrogen) atoms. The molecule has 0 saturated heterocycles. The van der Waals surface area contributed by atoms with Gasteiger partial charge >= 0.3 is 0 Å². The number of carbonyl (C=O) groups excluding carboxylic acids is 1. The maximum atomic E-state index is 12.9. The molecular weight excluding hydrogens is 292 g/mol. The molecule has 0 bridgehead atoms. The molecular formula is C23H38O. The summed E-state index contributed by atoms with van der Waals surface area (Å²) in [4.78, 5) is 12.9. The first-order valence-corrected chi connectivity index (χ1v) is 10.5. The Balaban J connectivity index is 1.81. The van der Waals surface area contributed by atoms with Crippen LogP contribution in [-0.4, -0.2) is 5.78 Å². The third kappa shape index (κ3) is 5.60. The van der Waals surface area contributed by atoms with Gasteiger partial charge in [0.15, 0.2) is 5.78 Å². The molecule has 0 aromatic carbocycles. The molecule has 2 rings (SSSR count).